The molecule has 2 aromatic carbocycles. The van der Waals surface area contributed by atoms with E-state index < -0.39 is 21.6 Å². The Morgan fingerprint density at radius 2 is 1.61 bits per heavy atom. The van der Waals surface area contributed by atoms with Crippen LogP contribution in [0.25, 0.3) is 0 Å². The molecule has 10 heteroatoms. The predicted octanol–water partition coefficient (Wildman–Crippen LogP) is 2.09. The molecule has 0 unspecified atom stereocenters. The summed E-state index contributed by atoms with van der Waals surface area (Å²) in [4.78, 5) is 38.6. The second-order valence-corrected chi connectivity index (χ2v) is 9.76. The lowest BCUT2D eigenvalue weighted by Crippen LogP contribution is -2.45. The van der Waals surface area contributed by atoms with Gasteiger partial charge in [0.25, 0.3) is 11.8 Å². The number of amides is 4. The number of anilines is 1. The van der Waals surface area contributed by atoms with E-state index in [0.717, 1.165) is 5.56 Å². The molecule has 164 valence electrons. The van der Waals surface area contributed by atoms with Crippen molar-refractivity contribution < 1.29 is 22.8 Å². The summed E-state index contributed by atoms with van der Waals surface area (Å²) in [5.74, 6) is -0.739. The Labute approximate surface area is 180 Å². The van der Waals surface area contributed by atoms with Gasteiger partial charge < -0.3 is 10.6 Å². The van der Waals surface area contributed by atoms with Crippen LogP contribution in [0.1, 0.15) is 47.1 Å². The molecule has 1 aliphatic rings. The molecule has 9 nitrogen and oxygen atoms in total. The molecule has 31 heavy (non-hydrogen) atoms. The van der Waals surface area contributed by atoms with Crippen molar-refractivity contribution in [1.29, 1.82) is 0 Å². The minimum atomic E-state index is -3.74. The van der Waals surface area contributed by atoms with Crippen molar-refractivity contribution in [2.45, 2.75) is 37.6 Å². The predicted molar refractivity (Wildman–Crippen MR) is 115 cm³/mol. The first kappa shape index (κ1) is 22.4. The summed E-state index contributed by atoms with van der Waals surface area (Å²) in [5.41, 5.74) is 1.15. The molecule has 0 fully saturated rings. The van der Waals surface area contributed by atoms with E-state index in [-0.39, 0.29) is 22.3 Å². The highest BCUT2D eigenvalue weighted by molar-refractivity contribution is 7.89. The Bertz CT molecular complexity index is 1150. The number of benzene rings is 2. The first-order valence-electron chi connectivity index (χ1n) is 9.57. The minimum Gasteiger partial charge on any atom is -0.338 e. The minimum absolute atomic E-state index is 0.0246. The van der Waals surface area contributed by atoms with Crippen LogP contribution in [-0.2, 0) is 16.4 Å². The molecule has 1 aliphatic heterocycles. The highest BCUT2D eigenvalue weighted by Gasteiger charge is 2.41. The number of urea groups is 1. The third-order valence-corrected chi connectivity index (χ3v) is 5.70. The van der Waals surface area contributed by atoms with Crippen molar-refractivity contribution in [2.75, 3.05) is 11.9 Å². The molecule has 0 atom stereocenters. The smallest absolute Gasteiger partial charge is 0.319 e. The van der Waals surface area contributed by atoms with Gasteiger partial charge in [-0.05, 0) is 63.1 Å². The third kappa shape index (κ3) is 4.92. The van der Waals surface area contributed by atoms with Crippen LogP contribution in [0, 0.1) is 0 Å². The Morgan fingerprint density at radius 1 is 1.00 bits per heavy atom. The van der Waals surface area contributed by atoms with Crippen LogP contribution in [0.3, 0.4) is 0 Å². The first-order valence-corrected chi connectivity index (χ1v) is 11.1. The van der Waals surface area contributed by atoms with Crippen LogP contribution >= 0.6 is 0 Å². The van der Waals surface area contributed by atoms with E-state index in [2.05, 4.69) is 10.6 Å². The van der Waals surface area contributed by atoms with E-state index in [1.54, 1.807) is 39.0 Å². The van der Waals surface area contributed by atoms with Crippen LogP contribution in [0.15, 0.2) is 47.4 Å². The van der Waals surface area contributed by atoms with Gasteiger partial charge >= 0.3 is 6.03 Å². The number of hydrogen-bond acceptors (Lipinski definition) is 5. The van der Waals surface area contributed by atoms with Gasteiger partial charge in [-0.1, -0.05) is 12.1 Å². The average Bonchev–Trinajstić information content (AvgIpc) is 2.91. The van der Waals surface area contributed by atoms with Crippen molar-refractivity contribution in [3.63, 3.8) is 0 Å². The Hall–Kier alpha value is -3.24. The summed E-state index contributed by atoms with van der Waals surface area (Å²) >= 11 is 0. The van der Waals surface area contributed by atoms with E-state index in [1.165, 1.54) is 29.2 Å². The summed E-state index contributed by atoms with van der Waals surface area (Å²) in [6.07, 6.45) is 0.482. The molecule has 1 heterocycles. The molecule has 0 radical (unpaired) electrons. The van der Waals surface area contributed by atoms with Gasteiger partial charge in [0.15, 0.2) is 0 Å². The molecule has 4 N–H and O–H groups in total. The molecular weight excluding hydrogens is 420 g/mol. The zero-order chi connectivity index (χ0) is 23.0. The monoisotopic (exact) mass is 444 g/mol. The number of nitrogens with two attached hydrogens (primary N) is 1. The highest BCUT2D eigenvalue weighted by atomic mass is 32.2. The number of fused-ring (bicyclic) bond motifs is 1. The number of nitrogens with one attached hydrogen (secondary N) is 2. The van der Waals surface area contributed by atoms with Crippen molar-refractivity contribution in [3.8, 4) is 0 Å². The van der Waals surface area contributed by atoms with Crippen molar-refractivity contribution in [1.82, 2.24) is 10.2 Å². The highest BCUT2D eigenvalue weighted by Crippen LogP contribution is 2.30. The number of carbonyl (C=O) groups is 3. The van der Waals surface area contributed by atoms with Gasteiger partial charge in [0.05, 0.1) is 16.0 Å². The Morgan fingerprint density at radius 3 is 2.19 bits per heavy atom. The zero-order valence-corrected chi connectivity index (χ0v) is 18.2. The maximum Gasteiger partial charge on any atom is 0.319 e. The fraction of sp³-hybridized carbons (Fsp3) is 0.286. The number of sulfonamides is 1. The number of rotatable bonds is 5. The summed E-state index contributed by atoms with van der Waals surface area (Å²) in [6, 6.07) is 10.2. The van der Waals surface area contributed by atoms with Crippen LogP contribution in [0.2, 0.25) is 0 Å². The van der Waals surface area contributed by atoms with E-state index in [1.807, 2.05) is 0 Å². The van der Waals surface area contributed by atoms with E-state index in [9.17, 15) is 22.8 Å². The molecule has 0 aromatic heterocycles. The molecule has 4 amide bonds. The summed E-state index contributed by atoms with van der Waals surface area (Å²) in [6.45, 7) is 5.65. The summed E-state index contributed by atoms with van der Waals surface area (Å²) < 4.78 is 22.5. The lowest BCUT2D eigenvalue weighted by atomic mass is 10.1. The van der Waals surface area contributed by atoms with E-state index in [0.29, 0.717) is 24.2 Å². The SMILES string of the molecule is CC(C)(C)N1C(=O)c2ccc(NC(=O)NCCc3ccc(S(N)(=O)=O)cc3)cc2C1=O. The Balaban J connectivity index is 1.58. The van der Waals surface area contributed by atoms with Crippen molar-refractivity contribution in [2.24, 2.45) is 5.14 Å². The standard InChI is InChI=1S/C21H24N4O5S/c1-21(2,3)25-18(26)16-9-6-14(12-17(16)19(25)27)24-20(28)23-11-10-13-4-7-15(8-5-13)31(22,29)30/h4-9,12H,10-11H2,1-3H3,(H2,22,29,30)(H2,23,24,28). The van der Waals surface area contributed by atoms with Crippen LogP contribution < -0.4 is 15.8 Å². The van der Waals surface area contributed by atoms with Gasteiger partial charge in [0.2, 0.25) is 10.0 Å². The summed E-state index contributed by atoms with van der Waals surface area (Å²) in [7, 11) is -3.74. The number of primary sulfonamides is 1. The lowest BCUT2D eigenvalue weighted by Gasteiger charge is -2.29. The lowest BCUT2D eigenvalue weighted by molar-refractivity contribution is 0.0507. The first-order chi connectivity index (χ1) is 14.4. The third-order valence-electron chi connectivity index (χ3n) is 4.77. The topological polar surface area (TPSA) is 139 Å². The quantitative estimate of drug-likeness (QED) is 0.606. The fourth-order valence-electron chi connectivity index (χ4n) is 3.27. The van der Waals surface area contributed by atoms with Gasteiger partial charge in [-0.25, -0.2) is 18.4 Å². The molecule has 0 aliphatic carbocycles. The van der Waals surface area contributed by atoms with Gasteiger partial charge in [0.1, 0.15) is 0 Å². The van der Waals surface area contributed by atoms with Crippen LogP contribution in [0.5, 0.6) is 0 Å². The Kier molecular flexibility index (Phi) is 5.88. The zero-order valence-electron chi connectivity index (χ0n) is 17.4. The molecule has 0 saturated heterocycles. The molecular formula is C21H24N4O5S. The van der Waals surface area contributed by atoms with E-state index >= 15 is 0 Å². The van der Waals surface area contributed by atoms with Gasteiger partial charge in [-0.15, -0.1) is 0 Å². The normalized spacial score (nSPS) is 13.9. The number of hydrogen-bond donors (Lipinski definition) is 3. The van der Waals surface area contributed by atoms with Crippen LogP contribution in [0.4, 0.5) is 10.5 Å². The maximum absolute atomic E-state index is 12.6. The number of nitrogens with zero attached hydrogens (tertiary/aromatic N) is 1. The maximum atomic E-state index is 12.6. The molecule has 0 saturated carbocycles. The number of imide groups is 1. The number of carbonyl (C=O) groups excluding carboxylic acids is 3. The van der Waals surface area contributed by atoms with Crippen molar-refractivity contribution >= 4 is 33.6 Å². The molecule has 0 spiro atoms. The van der Waals surface area contributed by atoms with Gasteiger partial charge in [-0.2, -0.15) is 0 Å². The van der Waals surface area contributed by atoms with Gasteiger partial charge in [0, 0.05) is 17.8 Å². The average molecular weight is 445 g/mol. The van der Waals surface area contributed by atoms with Crippen molar-refractivity contribution in [3.05, 3.63) is 59.2 Å². The molecule has 0 bridgehead atoms. The van der Waals surface area contributed by atoms with E-state index in [4.69, 9.17) is 5.14 Å². The second-order valence-electron chi connectivity index (χ2n) is 8.20. The largest absolute Gasteiger partial charge is 0.338 e. The van der Waals surface area contributed by atoms with Crippen LogP contribution in [-0.4, -0.2) is 43.2 Å². The second kappa shape index (κ2) is 8.12. The summed E-state index contributed by atoms with van der Waals surface area (Å²) in [5, 5.41) is 10.4. The molecule has 3 rings (SSSR count). The van der Waals surface area contributed by atoms with Gasteiger partial charge in [-0.3, -0.25) is 14.5 Å². The fourth-order valence-corrected chi connectivity index (χ4v) is 3.78. The molecule has 2 aromatic rings.